The predicted molar refractivity (Wildman–Crippen MR) is 80.5 cm³/mol. The van der Waals surface area contributed by atoms with Crippen molar-refractivity contribution in [3.63, 3.8) is 0 Å². The van der Waals surface area contributed by atoms with Gasteiger partial charge in [-0.1, -0.05) is 6.07 Å². The van der Waals surface area contributed by atoms with E-state index in [4.69, 9.17) is 19.0 Å². The Bertz CT molecular complexity index is 603. The first-order valence-electron chi connectivity index (χ1n) is 7.16. The van der Waals surface area contributed by atoms with Crippen LogP contribution in [0.4, 0.5) is 8.78 Å². The molecule has 0 radical (unpaired) electrons. The van der Waals surface area contributed by atoms with Crippen LogP contribution in [0.15, 0.2) is 18.2 Å². The van der Waals surface area contributed by atoms with Gasteiger partial charge in [-0.15, -0.1) is 0 Å². The lowest BCUT2D eigenvalue weighted by atomic mass is 10.2. The molecule has 24 heavy (non-hydrogen) atoms. The molecular weight excluding hydrogens is 347 g/mol. The first-order chi connectivity index (χ1) is 11.2. The van der Waals surface area contributed by atoms with Gasteiger partial charge in [-0.3, -0.25) is 14.6 Å². The Labute approximate surface area is 138 Å². The van der Waals surface area contributed by atoms with Crippen LogP contribution in [-0.2, 0) is 23.1 Å². The first kappa shape index (κ1) is 20.7. The van der Waals surface area contributed by atoms with Crippen molar-refractivity contribution < 1.29 is 37.1 Å². The van der Waals surface area contributed by atoms with E-state index in [-0.39, 0.29) is 23.8 Å². The minimum atomic E-state index is -3.94. The fourth-order valence-electron chi connectivity index (χ4n) is 1.81. The summed E-state index contributed by atoms with van der Waals surface area (Å²) in [6.07, 6.45) is 0. The van der Waals surface area contributed by atoms with Gasteiger partial charge in [0.05, 0.1) is 13.2 Å². The summed E-state index contributed by atoms with van der Waals surface area (Å²) in [6, 6.07) is 2.78. The van der Waals surface area contributed by atoms with E-state index in [0.29, 0.717) is 0 Å². The van der Waals surface area contributed by atoms with Crippen LogP contribution >= 0.6 is 7.60 Å². The van der Waals surface area contributed by atoms with Crippen LogP contribution in [-0.4, -0.2) is 43.0 Å². The van der Waals surface area contributed by atoms with Gasteiger partial charge in [0, 0.05) is 7.05 Å². The third kappa shape index (κ3) is 5.32. The Morgan fingerprint density at radius 1 is 1.25 bits per heavy atom. The Balaban J connectivity index is 3.20. The summed E-state index contributed by atoms with van der Waals surface area (Å²) in [5, 5.41) is 9.34. The summed E-state index contributed by atoms with van der Waals surface area (Å²) < 4.78 is 55.1. The molecule has 136 valence electrons. The highest BCUT2D eigenvalue weighted by Crippen LogP contribution is 2.61. The molecule has 0 heterocycles. The Morgan fingerprint density at radius 3 is 2.29 bits per heavy atom. The summed E-state index contributed by atoms with van der Waals surface area (Å²) in [6.45, 7) is 2.49. The van der Waals surface area contributed by atoms with E-state index >= 15 is 0 Å². The summed E-state index contributed by atoms with van der Waals surface area (Å²) in [5.74, 6) is -4.56. The predicted octanol–water partition coefficient (Wildman–Crippen LogP) is 3.09. The zero-order chi connectivity index (χ0) is 18.3. The molecule has 1 atom stereocenters. The number of ether oxygens (including phenoxy) is 1. The Morgan fingerprint density at radius 2 is 1.83 bits per heavy atom. The molecule has 1 aromatic carbocycles. The molecule has 0 fully saturated rings. The number of nitrogens with zero attached hydrogens (tertiary/aromatic N) is 1. The molecule has 1 aromatic rings. The molecular formula is C14H20F2NO6P. The molecule has 0 bridgehead atoms. The third-order valence-electron chi connectivity index (χ3n) is 2.86. The topological polar surface area (TPSA) is 85.3 Å². The van der Waals surface area contributed by atoms with E-state index in [9.17, 15) is 18.1 Å². The van der Waals surface area contributed by atoms with Gasteiger partial charge in [0.25, 0.3) is 5.91 Å². The number of amides is 1. The molecule has 0 aliphatic rings. The van der Waals surface area contributed by atoms with Crippen LogP contribution in [0.25, 0.3) is 0 Å². The average molecular weight is 367 g/mol. The quantitative estimate of drug-likeness (QED) is 0.410. The average Bonchev–Trinajstić information content (AvgIpc) is 2.51. The molecule has 0 aromatic heterocycles. The molecule has 0 aliphatic carbocycles. The molecule has 1 unspecified atom stereocenters. The van der Waals surface area contributed by atoms with Crippen LogP contribution < -0.4 is 0 Å². The second kappa shape index (κ2) is 9.19. The second-order valence-electron chi connectivity index (χ2n) is 4.63. The van der Waals surface area contributed by atoms with Gasteiger partial charge in [-0.05, 0) is 31.5 Å². The summed E-state index contributed by atoms with van der Waals surface area (Å²) >= 11 is 0. The zero-order valence-corrected chi connectivity index (χ0v) is 14.5. The maximum absolute atomic E-state index is 13.5. The number of hydrogen-bond acceptors (Lipinski definition) is 6. The second-order valence-corrected chi connectivity index (χ2v) is 6.69. The van der Waals surface area contributed by atoms with Crippen molar-refractivity contribution in [2.75, 3.05) is 26.9 Å². The van der Waals surface area contributed by atoms with E-state index in [1.54, 1.807) is 13.8 Å². The lowest BCUT2D eigenvalue weighted by molar-refractivity contribution is -0.165. The van der Waals surface area contributed by atoms with Crippen molar-refractivity contribution in [3.05, 3.63) is 35.4 Å². The van der Waals surface area contributed by atoms with Gasteiger partial charge >= 0.3 is 7.60 Å². The van der Waals surface area contributed by atoms with Crippen LogP contribution in [0.5, 0.6) is 0 Å². The van der Waals surface area contributed by atoms with E-state index in [2.05, 4.69) is 0 Å². The highest BCUT2D eigenvalue weighted by atomic mass is 31.2. The van der Waals surface area contributed by atoms with Crippen LogP contribution in [0.2, 0.25) is 0 Å². The molecule has 0 spiro atoms. The Hall–Kier alpha value is -1.38. The number of benzene rings is 1. The van der Waals surface area contributed by atoms with E-state index in [1.807, 2.05) is 0 Å². The molecule has 0 saturated heterocycles. The summed E-state index contributed by atoms with van der Waals surface area (Å²) in [4.78, 5) is 11.5. The van der Waals surface area contributed by atoms with Gasteiger partial charge < -0.3 is 13.8 Å². The van der Waals surface area contributed by atoms with Crippen LogP contribution in [0.3, 0.4) is 0 Å². The van der Waals surface area contributed by atoms with E-state index in [1.165, 1.54) is 0 Å². The van der Waals surface area contributed by atoms with Crippen molar-refractivity contribution in [2.45, 2.75) is 19.7 Å². The minimum absolute atomic E-state index is 0.00860. The Kier molecular flexibility index (Phi) is 7.92. The van der Waals surface area contributed by atoms with E-state index < -0.39 is 37.6 Å². The van der Waals surface area contributed by atoms with Gasteiger partial charge in [0.15, 0.2) is 17.5 Å². The fraction of sp³-hybridized carbons (Fsp3) is 0.500. The van der Waals surface area contributed by atoms with E-state index in [0.717, 1.165) is 25.2 Å². The lowest BCUT2D eigenvalue weighted by Gasteiger charge is -2.26. The molecule has 10 heteroatoms. The maximum atomic E-state index is 13.5. The maximum Gasteiger partial charge on any atom is 0.363 e. The van der Waals surface area contributed by atoms with Crippen molar-refractivity contribution in [1.29, 1.82) is 0 Å². The standard InChI is InChI=1S/C14H20F2NO6P/c1-4-22-24(20,23-5-2)14(21-9-13(18)17(3)19)10-6-7-11(15)12(16)8-10/h6-8,14,19H,4-5,9H2,1-3H3. The number of carbonyl (C=O) groups is 1. The van der Waals surface area contributed by atoms with Gasteiger partial charge in [0.1, 0.15) is 6.61 Å². The fourth-order valence-corrected chi connectivity index (χ4v) is 3.66. The number of rotatable bonds is 9. The molecule has 1 rings (SSSR count). The van der Waals surface area contributed by atoms with Crippen molar-refractivity contribution in [3.8, 4) is 0 Å². The lowest BCUT2D eigenvalue weighted by Crippen LogP contribution is -2.28. The normalized spacial score (nSPS) is 12.9. The van der Waals surface area contributed by atoms with Crippen LogP contribution in [0.1, 0.15) is 25.3 Å². The zero-order valence-electron chi connectivity index (χ0n) is 13.6. The van der Waals surface area contributed by atoms with Gasteiger partial charge in [-0.25, -0.2) is 13.8 Å². The highest BCUT2D eigenvalue weighted by molar-refractivity contribution is 7.54. The van der Waals surface area contributed by atoms with Gasteiger partial charge in [-0.2, -0.15) is 0 Å². The SMILES string of the molecule is CCOP(=O)(OCC)C(OCC(=O)N(C)O)c1ccc(F)c(F)c1. The molecule has 0 aliphatic heterocycles. The highest BCUT2D eigenvalue weighted by Gasteiger charge is 2.39. The molecule has 0 saturated carbocycles. The van der Waals surface area contributed by atoms with Crippen molar-refractivity contribution in [1.82, 2.24) is 5.06 Å². The number of halogens is 2. The number of hydroxylamine groups is 2. The minimum Gasteiger partial charge on any atom is -0.351 e. The number of carbonyl (C=O) groups excluding carboxylic acids is 1. The van der Waals surface area contributed by atoms with Crippen molar-refractivity contribution in [2.24, 2.45) is 0 Å². The smallest absolute Gasteiger partial charge is 0.351 e. The third-order valence-corrected chi connectivity index (χ3v) is 5.12. The molecule has 1 N–H and O–H groups in total. The molecule has 1 amide bonds. The largest absolute Gasteiger partial charge is 0.363 e. The van der Waals surface area contributed by atoms with Crippen molar-refractivity contribution >= 4 is 13.5 Å². The number of likely N-dealkylation sites (N-methyl/N-ethyl adjacent to an activating group) is 1. The summed E-state index contributed by atoms with van der Waals surface area (Å²) in [7, 11) is -2.85. The van der Waals surface area contributed by atoms with Gasteiger partial charge in [0.2, 0.25) is 0 Å². The summed E-state index contributed by atoms with van der Waals surface area (Å²) in [5.41, 5.74) is -0.0208. The first-order valence-corrected chi connectivity index (χ1v) is 8.77. The monoisotopic (exact) mass is 367 g/mol. The van der Waals surface area contributed by atoms with Crippen LogP contribution in [0, 0.1) is 11.6 Å². The molecule has 7 nitrogen and oxygen atoms in total. The number of hydrogen-bond donors (Lipinski definition) is 1.